The third kappa shape index (κ3) is 8.55. The van der Waals surface area contributed by atoms with Crippen LogP contribution in [-0.2, 0) is 11.2 Å². The fourth-order valence-corrected chi connectivity index (χ4v) is 4.55. The molecule has 1 unspecified atom stereocenters. The van der Waals surface area contributed by atoms with Crippen molar-refractivity contribution >= 4 is 41.0 Å². The first-order chi connectivity index (χ1) is 20.7. The summed E-state index contributed by atoms with van der Waals surface area (Å²) in [5.74, 6) is 6.02. The van der Waals surface area contributed by atoms with Crippen molar-refractivity contribution in [3.63, 3.8) is 0 Å². The van der Waals surface area contributed by atoms with Gasteiger partial charge in [0.25, 0.3) is 5.56 Å². The fourth-order valence-electron chi connectivity index (χ4n) is 4.27. The van der Waals surface area contributed by atoms with Crippen LogP contribution in [-0.4, -0.2) is 25.7 Å². The molecule has 12 heteroatoms. The largest absolute Gasteiger partial charge is 0.388 e. The number of rotatable bonds is 9. The van der Waals surface area contributed by atoms with Crippen molar-refractivity contribution in [1.29, 1.82) is 0 Å². The molecule has 0 saturated carbocycles. The Labute approximate surface area is 258 Å². The summed E-state index contributed by atoms with van der Waals surface area (Å²) in [7, 11) is 0. The molecule has 0 saturated heterocycles. The van der Waals surface area contributed by atoms with Crippen LogP contribution in [0.4, 0.5) is 11.4 Å². The van der Waals surface area contributed by atoms with Gasteiger partial charge in [0.05, 0.1) is 47.7 Å². The van der Waals surface area contributed by atoms with Gasteiger partial charge in [-0.3, -0.25) is 19.2 Å². The molecule has 43 heavy (non-hydrogen) atoms. The van der Waals surface area contributed by atoms with Crippen LogP contribution < -0.4 is 27.5 Å². The van der Waals surface area contributed by atoms with Crippen LogP contribution in [0.2, 0.25) is 5.02 Å². The number of amides is 1. The van der Waals surface area contributed by atoms with Gasteiger partial charge in [0.1, 0.15) is 5.16 Å². The Bertz CT molecular complexity index is 1740. The van der Waals surface area contributed by atoms with E-state index in [4.69, 9.17) is 34.8 Å². The lowest BCUT2D eigenvalue weighted by molar-refractivity contribution is -0.105. The number of hydrazine groups is 1. The average molecular weight is 618 g/mol. The standard InChI is InChI=1S/C21H21Cl2N5O.C10H9N3O/c1-14(9-15-5-3-2-4-6-15)27-13-26-18(11-21(27)29)17-10-16(22)7-8-19(17)28(25)12-20(23)24;14-8-11-9-6-12-13(7-9)10-4-2-1-3-5-10/h2-8,10-14H,9,24-25H2,1H3;1-8H,(H,11,14)/b20-12-;. The van der Waals surface area contributed by atoms with E-state index in [9.17, 15) is 9.59 Å². The number of para-hydroxylation sites is 1. The fraction of sp³-hybridized carbons (Fsp3) is 0.0968. The molecule has 0 bridgehead atoms. The summed E-state index contributed by atoms with van der Waals surface area (Å²) in [5, 5.41) is 8.41. The molecule has 2 heterocycles. The van der Waals surface area contributed by atoms with Crippen molar-refractivity contribution in [2.24, 2.45) is 11.6 Å². The number of aromatic nitrogens is 4. The molecule has 5 rings (SSSR count). The predicted molar refractivity (Wildman–Crippen MR) is 172 cm³/mol. The molecule has 0 spiro atoms. The maximum Gasteiger partial charge on any atom is 0.254 e. The molecule has 0 aliphatic heterocycles. The molecular weight excluding hydrogens is 587 g/mol. The highest BCUT2D eigenvalue weighted by Crippen LogP contribution is 2.31. The minimum absolute atomic E-state index is 0.0199. The highest BCUT2D eigenvalue weighted by atomic mass is 35.5. The number of nitrogens with one attached hydrogen (secondary N) is 1. The first-order valence-electron chi connectivity index (χ1n) is 13.1. The van der Waals surface area contributed by atoms with E-state index in [2.05, 4.69) is 15.4 Å². The summed E-state index contributed by atoms with van der Waals surface area (Å²) in [6, 6.07) is 26.2. The van der Waals surface area contributed by atoms with Gasteiger partial charge in [0, 0.05) is 22.7 Å². The number of carbonyl (C=O) groups excluding carboxylic acids is 1. The second-order valence-corrected chi connectivity index (χ2v) is 10.3. The van der Waals surface area contributed by atoms with Gasteiger partial charge in [-0.15, -0.1) is 0 Å². The van der Waals surface area contributed by atoms with Crippen molar-refractivity contribution < 1.29 is 4.79 Å². The van der Waals surface area contributed by atoms with Crippen LogP contribution in [0, 0.1) is 0 Å². The lowest BCUT2D eigenvalue weighted by atomic mass is 10.1. The van der Waals surface area contributed by atoms with E-state index in [0.29, 0.717) is 34.1 Å². The van der Waals surface area contributed by atoms with Crippen molar-refractivity contribution in [3.8, 4) is 16.9 Å². The summed E-state index contributed by atoms with van der Waals surface area (Å²) in [6.07, 6.45) is 7.61. The molecule has 1 atom stereocenters. The second kappa shape index (κ2) is 14.8. The molecule has 5 N–H and O–H groups in total. The molecule has 0 aliphatic carbocycles. The van der Waals surface area contributed by atoms with E-state index in [1.165, 1.54) is 17.3 Å². The molecule has 3 aromatic carbocycles. The first-order valence-corrected chi connectivity index (χ1v) is 13.9. The summed E-state index contributed by atoms with van der Waals surface area (Å²) in [5.41, 5.74) is 9.73. The van der Waals surface area contributed by atoms with Crippen molar-refractivity contribution in [3.05, 3.63) is 136 Å². The maximum atomic E-state index is 12.8. The van der Waals surface area contributed by atoms with Gasteiger partial charge < -0.3 is 11.1 Å². The minimum Gasteiger partial charge on any atom is -0.388 e. The molecule has 220 valence electrons. The number of nitrogens with two attached hydrogens (primary N) is 2. The summed E-state index contributed by atoms with van der Waals surface area (Å²) < 4.78 is 3.31. The quantitative estimate of drug-likeness (QED) is 0.0862. The monoisotopic (exact) mass is 616 g/mol. The number of hydrogen-bond acceptors (Lipinski definition) is 7. The molecule has 0 aliphatic rings. The summed E-state index contributed by atoms with van der Waals surface area (Å²) >= 11 is 11.9. The van der Waals surface area contributed by atoms with Gasteiger partial charge in [-0.25, -0.2) is 15.5 Å². The van der Waals surface area contributed by atoms with Crippen LogP contribution in [0.3, 0.4) is 0 Å². The van der Waals surface area contributed by atoms with Gasteiger partial charge in [-0.2, -0.15) is 5.10 Å². The molecule has 0 radical (unpaired) electrons. The topological polar surface area (TPSA) is 137 Å². The van der Waals surface area contributed by atoms with Gasteiger partial charge >= 0.3 is 0 Å². The van der Waals surface area contributed by atoms with Crippen molar-refractivity contribution in [1.82, 2.24) is 19.3 Å². The third-order valence-corrected chi connectivity index (χ3v) is 6.62. The van der Waals surface area contributed by atoms with Crippen LogP contribution in [0.5, 0.6) is 0 Å². The number of halogens is 2. The van der Waals surface area contributed by atoms with Gasteiger partial charge in [0.15, 0.2) is 0 Å². The molecule has 1 amide bonds. The smallest absolute Gasteiger partial charge is 0.254 e. The molecule has 2 aromatic heterocycles. The highest BCUT2D eigenvalue weighted by Gasteiger charge is 2.14. The van der Waals surface area contributed by atoms with Crippen LogP contribution in [0.1, 0.15) is 18.5 Å². The Morgan fingerprint density at radius 2 is 1.77 bits per heavy atom. The van der Waals surface area contributed by atoms with E-state index in [1.54, 1.807) is 46.2 Å². The molecular formula is C31H30Cl2N8O2. The number of benzene rings is 3. The maximum absolute atomic E-state index is 12.8. The Balaban J connectivity index is 0.000000251. The Morgan fingerprint density at radius 1 is 1.07 bits per heavy atom. The molecule has 5 aromatic rings. The third-order valence-electron chi connectivity index (χ3n) is 6.29. The van der Waals surface area contributed by atoms with E-state index in [-0.39, 0.29) is 16.8 Å². The first kappa shape index (κ1) is 31.0. The number of hydrogen-bond donors (Lipinski definition) is 3. The highest BCUT2D eigenvalue weighted by molar-refractivity contribution is 6.31. The summed E-state index contributed by atoms with van der Waals surface area (Å²) in [4.78, 5) is 27.4. The van der Waals surface area contributed by atoms with Crippen molar-refractivity contribution in [2.75, 3.05) is 10.3 Å². The van der Waals surface area contributed by atoms with E-state index >= 15 is 0 Å². The van der Waals surface area contributed by atoms with E-state index < -0.39 is 0 Å². The Hall–Kier alpha value is -4.90. The van der Waals surface area contributed by atoms with Crippen molar-refractivity contribution in [2.45, 2.75) is 19.4 Å². The van der Waals surface area contributed by atoms with E-state index in [1.807, 2.05) is 67.6 Å². The lowest BCUT2D eigenvalue weighted by Gasteiger charge is -2.19. The SMILES string of the molecule is CC(Cc1ccccc1)n1cnc(-c2cc(Cl)ccc2N(N)/C=C(\N)Cl)cc1=O.O=CNc1cnn(-c2ccccc2)c1. The summed E-state index contributed by atoms with van der Waals surface area (Å²) in [6.45, 7) is 1.98. The average Bonchev–Trinajstić information content (AvgIpc) is 3.47. The lowest BCUT2D eigenvalue weighted by Crippen LogP contribution is -2.27. The molecule has 10 nitrogen and oxygen atoms in total. The van der Waals surface area contributed by atoms with Gasteiger partial charge in [-0.1, -0.05) is 71.7 Å². The molecule has 0 fully saturated rings. The van der Waals surface area contributed by atoms with Crippen LogP contribution in [0.25, 0.3) is 16.9 Å². The normalized spacial score (nSPS) is 11.7. The second-order valence-electron chi connectivity index (χ2n) is 9.41. The van der Waals surface area contributed by atoms with Crippen LogP contribution >= 0.6 is 23.2 Å². The predicted octanol–water partition coefficient (Wildman–Crippen LogP) is 5.48. The van der Waals surface area contributed by atoms with Gasteiger partial charge in [0.2, 0.25) is 6.41 Å². The zero-order valence-corrected chi connectivity index (χ0v) is 24.7. The zero-order valence-electron chi connectivity index (χ0n) is 23.2. The minimum atomic E-state index is -0.166. The number of anilines is 2. The zero-order chi connectivity index (χ0) is 30.8. The Kier molecular flexibility index (Phi) is 10.7. The number of carbonyl (C=O) groups is 1. The Morgan fingerprint density at radius 3 is 2.42 bits per heavy atom. The number of nitrogens with zero attached hydrogens (tertiary/aromatic N) is 5. The van der Waals surface area contributed by atoms with Crippen LogP contribution in [0.15, 0.2) is 120 Å². The van der Waals surface area contributed by atoms with Gasteiger partial charge in [-0.05, 0) is 49.2 Å². The van der Waals surface area contributed by atoms with E-state index in [0.717, 1.165) is 17.7 Å².